The molecule has 0 spiro atoms. The second kappa shape index (κ2) is 8.46. The monoisotopic (exact) mass is 458 g/mol. The summed E-state index contributed by atoms with van der Waals surface area (Å²) in [7, 11) is -4.88. The number of carbonyl (C=O) groups excluding carboxylic acids is 1. The first kappa shape index (κ1) is 22.4. The van der Waals surface area contributed by atoms with Crippen molar-refractivity contribution in [2.45, 2.75) is 24.9 Å². The Morgan fingerprint density at radius 3 is 2.48 bits per heavy atom. The van der Waals surface area contributed by atoms with Crippen LogP contribution in [-0.4, -0.2) is 38.0 Å². The average molecular weight is 458 g/mol. The second-order valence-corrected chi connectivity index (χ2v) is 8.06. The number of hydrogen-bond acceptors (Lipinski definition) is 7. The van der Waals surface area contributed by atoms with Gasteiger partial charge in [0.1, 0.15) is 0 Å². The Balaban J connectivity index is 1.97. The van der Waals surface area contributed by atoms with Crippen molar-refractivity contribution < 1.29 is 39.7 Å². The van der Waals surface area contributed by atoms with E-state index in [-0.39, 0.29) is 11.7 Å². The molecule has 1 heterocycles. The molecule has 8 nitrogen and oxygen atoms in total. The fourth-order valence-corrected chi connectivity index (χ4v) is 3.26. The number of fused-ring (bicyclic) bond motifs is 1. The van der Waals surface area contributed by atoms with Crippen molar-refractivity contribution in [2.24, 2.45) is 0 Å². The number of ether oxygens (including phenoxy) is 1. The molecular formula is C19H17F3N2O6S. The van der Waals surface area contributed by atoms with Gasteiger partial charge in [0.05, 0.1) is 12.7 Å². The highest BCUT2D eigenvalue weighted by molar-refractivity contribution is 7.88. The number of aromatic nitrogens is 1. The molecule has 0 radical (unpaired) electrons. The molecule has 0 fully saturated rings. The molecule has 0 aliphatic carbocycles. The Kier molecular flexibility index (Phi) is 6.11. The summed E-state index contributed by atoms with van der Waals surface area (Å²) in [5, 5.41) is 2.61. The van der Waals surface area contributed by atoms with E-state index in [0.717, 1.165) is 11.6 Å². The van der Waals surface area contributed by atoms with Crippen molar-refractivity contribution in [3.05, 3.63) is 53.6 Å². The maximum atomic E-state index is 12.9. The Morgan fingerprint density at radius 2 is 1.87 bits per heavy atom. The highest BCUT2D eigenvalue weighted by Gasteiger charge is 2.49. The van der Waals surface area contributed by atoms with Crippen molar-refractivity contribution in [1.29, 1.82) is 0 Å². The van der Waals surface area contributed by atoms with Gasteiger partial charge in [-0.15, -0.1) is 0 Å². The highest BCUT2D eigenvalue weighted by Crippen LogP contribution is 2.36. The fourth-order valence-electron chi connectivity index (χ4n) is 2.78. The van der Waals surface area contributed by atoms with Crippen LogP contribution >= 0.6 is 0 Å². The standard InChI is InChI=1S/C19H17F3N2O6S/c1-11(10-12-6-4-3-5-7-12)23-17(25)13-8-9-14-15(24-18(28-2)29-14)16(13)30-31(26,27)19(20,21)22/h3-9,11H,10H2,1-2H3,(H,23,25). The van der Waals surface area contributed by atoms with Crippen LogP contribution < -0.4 is 14.2 Å². The molecule has 0 saturated heterocycles. The summed E-state index contributed by atoms with van der Waals surface area (Å²) in [5.74, 6) is -1.76. The van der Waals surface area contributed by atoms with E-state index in [1.807, 2.05) is 30.3 Å². The molecule has 0 bridgehead atoms. The average Bonchev–Trinajstić information content (AvgIpc) is 3.11. The zero-order valence-corrected chi connectivity index (χ0v) is 17.1. The predicted molar refractivity (Wildman–Crippen MR) is 103 cm³/mol. The zero-order chi connectivity index (χ0) is 22.8. The van der Waals surface area contributed by atoms with Gasteiger partial charge in [-0.25, -0.2) is 0 Å². The van der Waals surface area contributed by atoms with Crippen LogP contribution in [0.4, 0.5) is 13.2 Å². The highest BCUT2D eigenvalue weighted by atomic mass is 32.2. The van der Waals surface area contributed by atoms with Gasteiger partial charge < -0.3 is 18.7 Å². The number of oxazole rings is 1. The Hall–Kier alpha value is -3.28. The number of amides is 1. The summed E-state index contributed by atoms with van der Waals surface area (Å²) in [4.78, 5) is 16.5. The van der Waals surface area contributed by atoms with E-state index in [9.17, 15) is 26.4 Å². The van der Waals surface area contributed by atoms with Gasteiger partial charge in [-0.1, -0.05) is 30.3 Å². The SMILES string of the molecule is COc1nc2c(OS(=O)(=O)C(F)(F)F)c(C(=O)NC(C)Cc3ccccc3)ccc2o1. The largest absolute Gasteiger partial charge is 0.534 e. The van der Waals surface area contributed by atoms with Crippen LogP contribution in [0, 0.1) is 0 Å². The lowest BCUT2D eigenvalue weighted by Crippen LogP contribution is -2.35. The third-order valence-corrected chi connectivity index (χ3v) is 5.11. The van der Waals surface area contributed by atoms with Crippen molar-refractivity contribution in [1.82, 2.24) is 10.3 Å². The van der Waals surface area contributed by atoms with Gasteiger partial charge in [0.25, 0.3) is 5.91 Å². The summed E-state index contributed by atoms with van der Waals surface area (Å²) >= 11 is 0. The minimum absolute atomic E-state index is 0.127. The van der Waals surface area contributed by atoms with Gasteiger partial charge in [0, 0.05) is 6.04 Å². The number of carbonyl (C=O) groups is 1. The van der Waals surface area contributed by atoms with Crippen LogP contribution in [0.3, 0.4) is 0 Å². The summed E-state index contributed by atoms with van der Waals surface area (Å²) in [6, 6.07) is 11.1. The van der Waals surface area contributed by atoms with Gasteiger partial charge in [-0.05, 0) is 31.0 Å². The molecule has 1 atom stereocenters. The number of benzene rings is 2. The summed E-state index contributed by atoms with van der Waals surface area (Å²) in [6.07, 6.45) is 0.0863. The van der Waals surface area contributed by atoms with E-state index >= 15 is 0 Å². The molecule has 12 heteroatoms. The fraction of sp³-hybridized carbons (Fsp3) is 0.263. The molecule has 0 aliphatic rings. The van der Waals surface area contributed by atoms with Gasteiger partial charge in [-0.2, -0.15) is 26.6 Å². The number of halogens is 3. The third-order valence-electron chi connectivity index (χ3n) is 4.15. The molecular weight excluding hydrogens is 441 g/mol. The molecule has 0 aliphatic heterocycles. The first-order valence-electron chi connectivity index (χ1n) is 8.85. The second-order valence-electron chi connectivity index (χ2n) is 6.52. The maximum Gasteiger partial charge on any atom is 0.534 e. The van der Waals surface area contributed by atoms with E-state index in [4.69, 9.17) is 9.15 Å². The van der Waals surface area contributed by atoms with Crippen LogP contribution in [-0.2, 0) is 16.5 Å². The first-order valence-corrected chi connectivity index (χ1v) is 10.3. The number of hydrogen-bond donors (Lipinski definition) is 1. The molecule has 2 aromatic carbocycles. The molecule has 166 valence electrons. The van der Waals surface area contributed by atoms with E-state index in [2.05, 4.69) is 14.5 Å². The van der Waals surface area contributed by atoms with E-state index in [1.54, 1.807) is 6.92 Å². The van der Waals surface area contributed by atoms with Gasteiger partial charge in [0.15, 0.2) is 16.8 Å². The lowest BCUT2D eigenvalue weighted by molar-refractivity contribution is -0.0499. The van der Waals surface area contributed by atoms with Gasteiger partial charge in [0.2, 0.25) is 0 Å². The van der Waals surface area contributed by atoms with E-state index in [0.29, 0.717) is 6.42 Å². The molecule has 3 rings (SSSR count). The van der Waals surface area contributed by atoms with Gasteiger partial charge >= 0.3 is 21.7 Å². The van der Waals surface area contributed by atoms with Crippen molar-refractivity contribution in [2.75, 3.05) is 7.11 Å². The molecule has 1 N–H and O–H groups in total. The van der Waals surface area contributed by atoms with Crippen LogP contribution in [0.25, 0.3) is 11.1 Å². The summed E-state index contributed by atoms with van der Waals surface area (Å²) < 4.78 is 76.1. The minimum atomic E-state index is -6.08. The van der Waals surface area contributed by atoms with Crippen LogP contribution in [0.15, 0.2) is 46.9 Å². The Bertz CT molecular complexity index is 1190. The Morgan fingerprint density at radius 1 is 1.19 bits per heavy atom. The lowest BCUT2D eigenvalue weighted by atomic mass is 10.1. The van der Waals surface area contributed by atoms with Crippen molar-refractivity contribution >= 4 is 27.1 Å². The molecule has 31 heavy (non-hydrogen) atoms. The molecule has 1 amide bonds. The number of nitrogens with zero attached hydrogens (tertiary/aromatic N) is 1. The lowest BCUT2D eigenvalue weighted by Gasteiger charge is -2.16. The van der Waals surface area contributed by atoms with E-state index < -0.39 is 44.4 Å². The molecule has 1 unspecified atom stereocenters. The maximum absolute atomic E-state index is 12.9. The molecule has 3 aromatic rings. The topological polar surface area (TPSA) is 108 Å². The van der Waals surface area contributed by atoms with Crippen LogP contribution in [0.5, 0.6) is 11.8 Å². The first-order chi connectivity index (χ1) is 14.5. The number of nitrogens with one attached hydrogen (secondary N) is 1. The third kappa shape index (κ3) is 4.90. The summed E-state index contributed by atoms with van der Waals surface area (Å²) in [5.41, 5.74) is -5.79. The van der Waals surface area contributed by atoms with Crippen molar-refractivity contribution in [3.63, 3.8) is 0 Å². The van der Waals surface area contributed by atoms with E-state index in [1.165, 1.54) is 13.2 Å². The number of alkyl halides is 3. The zero-order valence-electron chi connectivity index (χ0n) is 16.3. The van der Waals surface area contributed by atoms with Crippen LogP contribution in [0.1, 0.15) is 22.8 Å². The predicted octanol–water partition coefficient (Wildman–Crippen LogP) is 3.43. The number of rotatable bonds is 7. The quantitative estimate of drug-likeness (QED) is 0.427. The minimum Gasteiger partial charge on any atom is -0.453 e. The Labute approximate surface area is 175 Å². The molecule has 1 aromatic heterocycles. The smallest absolute Gasteiger partial charge is 0.453 e. The van der Waals surface area contributed by atoms with Crippen LogP contribution in [0.2, 0.25) is 0 Å². The van der Waals surface area contributed by atoms with Gasteiger partial charge in [-0.3, -0.25) is 4.79 Å². The normalized spacial score (nSPS) is 13.1. The molecule has 0 saturated carbocycles. The number of methoxy groups -OCH3 is 1. The summed E-state index contributed by atoms with van der Waals surface area (Å²) in [6.45, 7) is 1.69. The van der Waals surface area contributed by atoms with Crippen molar-refractivity contribution in [3.8, 4) is 11.8 Å².